The molecule has 2 aromatic rings. The Morgan fingerprint density at radius 3 is 3.00 bits per heavy atom. The Morgan fingerprint density at radius 1 is 1.55 bits per heavy atom. The quantitative estimate of drug-likeness (QED) is 0.693. The van der Waals surface area contributed by atoms with Gasteiger partial charge in [-0.15, -0.1) is 11.3 Å². The molecule has 0 aliphatic carbocycles. The van der Waals surface area contributed by atoms with Crippen molar-refractivity contribution in [3.05, 3.63) is 17.1 Å². The van der Waals surface area contributed by atoms with Crippen molar-refractivity contribution in [3.8, 4) is 0 Å². The summed E-state index contributed by atoms with van der Waals surface area (Å²) in [7, 11) is 0. The zero-order valence-corrected chi connectivity index (χ0v) is 7.40. The van der Waals surface area contributed by atoms with Gasteiger partial charge in [-0.05, 0) is 12.0 Å². The Kier molecular flexibility index (Phi) is 1.46. The smallest absolute Gasteiger partial charge is 0.118 e. The van der Waals surface area contributed by atoms with E-state index in [0.29, 0.717) is 5.92 Å². The summed E-state index contributed by atoms with van der Waals surface area (Å²) >= 11 is 1.79. The van der Waals surface area contributed by atoms with Gasteiger partial charge in [-0.25, -0.2) is 0 Å². The fourth-order valence-corrected chi connectivity index (χ4v) is 2.04. The van der Waals surface area contributed by atoms with Crippen molar-refractivity contribution < 1.29 is 0 Å². The average molecular weight is 166 g/mol. The molecule has 2 aromatic heterocycles. The second kappa shape index (κ2) is 2.34. The van der Waals surface area contributed by atoms with Gasteiger partial charge in [0, 0.05) is 10.3 Å². The maximum atomic E-state index is 3.95. The minimum atomic E-state index is 0.626. The van der Waals surface area contributed by atoms with Gasteiger partial charge in [0.1, 0.15) is 4.83 Å². The van der Waals surface area contributed by atoms with Crippen molar-refractivity contribution in [3.63, 3.8) is 0 Å². The molecule has 0 aliphatic heterocycles. The van der Waals surface area contributed by atoms with Crippen LogP contribution in [-0.4, -0.2) is 10.2 Å². The molecule has 58 valence electrons. The summed E-state index contributed by atoms with van der Waals surface area (Å²) in [6.07, 6.45) is 1.87. The number of H-pyrrole nitrogens is 1. The lowest BCUT2D eigenvalue weighted by Gasteiger charge is -1.96. The van der Waals surface area contributed by atoms with Crippen LogP contribution in [0.5, 0.6) is 0 Å². The first kappa shape index (κ1) is 6.85. The summed E-state index contributed by atoms with van der Waals surface area (Å²) in [6.45, 7) is 4.41. The van der Waals surface area contributed by atoms with E-state index in [2.05, 4.69) is 30.1 Å². The van der Waals surface area contributed by atoms with Crippen LogP contribution < -0.4 is 0 Å². The fraction of sp³-hybridized carbons (Fsp3) is 0.375. The molecule has 0 aliphatic rings. The third-order valence-electron chi connectivity index (χ3n) is 1.72. The second-order valence-electron chi connectivity index (χ2n) is 2.96. The van der Waals surface area contributed by atoms with Crippen LogP contribution in [0.3, 0.4) is 0 Å². The van der Waals surface area contributed by atoms with Crippen LogP contribution in [0.4, 0.5) is 0 Å². The van der Waals surface area contributed by atoms with Crippen molar-refractivity contribution in [1.29, 1.82) is 0 Å². The lowest BCUT2D eigenvalue weighted by Crippen LogP contribution is -1.77. The van der Waals surface area contributed by atoms with E-state index in [9.17, 15) is 0 Å². The molecule has 0 unspecified atom stereocenters. The SMILES string of the molecule is CC(C)c1cc2cn[nH]c2s1. The Balaban J connectivity index is 2.58. The second-order valence-corrected chi connectivity index (χ2v) is 4.04. The Hall–Kier alpha value is -0.830. The summed E-state index contributed by atoms with van der Waals surface area (Å²) in [5, 5.41) is 8.15. The van der Waals surface area contributed by atoms with Gasteiger partial charge in [-0.1, -0.05) is 13.8 Å². The van der Waals surface area contributed by atoms with E-state index in [4.69, 9.17) is 0 Å². The molecule has 3 heteroatoms. The molecule has 0 bridgehead atoms. The highest BCUT2D eigenvalue weighted by Gasteiger charge is 2.05. The van der Waals surface area contributed by atoms with E-state index in [1.807, 2.05) is 6.20 Å². The predicted molar refractivity (Wildman–Crippen MR) is 48.1 cm³/mol. The summed E-state index contributed by atoms with van der Waals surface area (Å²) in [5.74, 6) is 0.626. The van der Waals surface area contributed by atoms with Crippen molar-refractivity contribution >= 4 is 21.6 Å². The zero-order chi connectivity index (χ0) is 7.84. The van der Waals surface area contributed by atoms with E-state index in [1.165, 1.54) is 15.1 Å². The zero-order valence-electron chi connectivity index (χ0n) is 6.59. The van der Waals surface area contributed by atoms with Crippen molar-refractivity contribution in [1.82, 2.24) is 10.2 Å². The molecule has 2 heterocycles. The Labute approximate surface area is 69.2 Å². The van der Waals surface area contributed by atoms with Gasteiger partial charge in [-0.3, -0.25) is 5.10 Å². The van der Waals surface area contributed by atoms with Crippen LogP contribution >= 0.6 is 11.3 Å². The van der Waals surface area contributed by atoms with E-state index in [1.54, 1.807) is 11.3 Å². The van der Waals surface area contributed by atoms with Gasteiger partial charge in [0.15, 0.2) is 0 Å². The maximum Gasteiger partial charge on any atom is 0.118 e. The molecule has 11 heavy (non-hydrogen) atoms. The lowest BCUT2D eigenvalue weighted by atomic mass is 10.2. The van der Waals surface area contributed by atoms with Crippen molar-refractivity contribution in [2.24, 2.45) is 0 Å². The van der Waals surface area contributed by atoms with Crippen LogP contribution in [0.15, 0.2) is 12.3 Å². The van der Waals surface area contributed by atoms with Gasteiger partial charge in [-0.2, -0.15) is 5.10 Å². The van der Waals surface area contributed by atoms with Gasteiger partial charge in [0.2, 0.25) is 0 Å². The number of nitrogens with zero attached hydrogens (tertiary/aromatic N) is 1. The molecule has 0 saturated carbocycles. The van der Waals surface area contributed by atoms with Crippen molar-refractivity contribution in [2.45, 2.75) is 19.8 Å². The molecule has 0 atom stereocenters. The first-order chi connectivity index (χ1) is 5.27. The maximum absolute atomic E-state index is 3.95. The van der Waals surface area contributed by atoms with E-state index in [0.717, 1.165) is 0 Å². The number of nitrogens with one attached hydrogen (secondary N) is 1. The number of hydrogen-bond donors (Lipinski definition) is 1. The number of fused-ring (bicyclic) bond motifs is 1. The minimum Gasteiger partial charge on any atom is -0.268 e. The molecule has 0 radical (unpaired) electrons. The van der Waals surface area contributed by atoms with E-state index in [-0.39, 0.29) is 0 Å². The van der Waals surface area contributed by atoms with Gasteiger partial charge in [0.05, 0.1) is 6.20 Å². The molecule has 2 rings (SSSR count). The van der Waals surface area contributed by atoms with Crippen LogP contribution in [-0.2, 0) is 0 Å². The topological polar surface area (TPSA) is 28.7 Å². The molecular weight excluding hydrogens is 156 g/mol. The summed E-state index contributed by atoms with van der Waals surface area (Å²) in [4.78, 5) is 2.61. The predicted octanol–water partition coefficient (Wildman–Crippen LogP) is 2.75. The molecule has 2 nitrogen and oxygen atoms in total. The van der Waals surface area contributed by atoms with E-state index < -0.39 is 0 Å². The first-order valence-electron chi connectivity index (χ1n) is 3.70. The van der Waals surface area contributed by atoms with Crippen LogP contribution in [0.1, 0.15) is 24.6 Å². The molecule has 0 saturated heterocycles. The lowest BCUT2D eigenvalue weighted by molar-refractivity contribution is 0.890. The largest absolute Gasteiger partial charge is 0.268 e. The Bertz CT molecular complexity index is 330. The van der Waals surface area contributed by atoms with Gasteiger partial charge < -0.3 is 0 Å². The van der Waals surface area contributed by atoms with E-state index >= 15 is 0 Å². The number of aromatic nitrogens is 2. The highest BCUT2D eigenvalue weighted by molar-refractivity contribution is 7.18. The normalized spacial score (nSPS) is 11.5. The number of aromatic amines is 1. The number of rotatable bonds is 1. The standard InChI is InChI=1S/C8H10N2S/c1-5(2)7-3-6-4-9-10-8(6)11-7/h3-5H,1-2H3,(H,9,10). The molecule has 1 N–H and O–H groups in total. The third-order valence-corrected chi connectivity index (χ3v) is 3.07. The van der Waals surface area contributed by atoms with Gasteiger partial charge >= 0.3 is 0 Å². The Morgan fingerprint density at radius 2 is 2.36 bits per heavy atom. The summed E-state index contributed by atoms with van der Waals surface area (Å²) < 4.78 is 0. The fourth-order valence-electron chi connectivity index (χ4n) is 1.05. The molecular formula is C8H10N2S. The number of hydrogen-bond acceptors (Lipinski definition) is 2. The summed E-state index contributed by atoms with van der Waals surface area (Å²) in [5.41, 5.74) is 0. The highest BCUT2D eigenvalue weighted by Crippen LogP contribution is 2.28. The monoisotopic (exact) mass is 166 g/mol. The number of thiophene rings is 1. The molecule has 0 fully saturated rings. The summed E-state index contributed by atoms with van der Waals surface area (Å²) in [6, 6.07) is 2.20. The average Bonchev–Trinajstić information content (AvgIpc) is 2.40. The first-order valence-corrected chi connectivity index (χ1v) is 4.52. The molecule has 0 aromatic carbocycles. The van der Waals surface area contributed by atoms with Crippen molar-refractivity contribution in [2.75, 3.05) is 0 Å². The third kappa shape index (κ3) is 1.05. The van der Waals surface area contributed by atoms with Crippen LogP contribution in [0.2, 0.25) is 0 Å². The van der Waals surface area contributed by atoms with Crippen LogP contribution in [0, 0.1) is 0 Å². The van der Waals surface area contributed by atoms with Gasteiger partial charge in [0.25, 0.3) is 0 Å². The molecule has 0 amide bonds. The highest BCUT2D eigenvalue weighted by atomic mass is 32.1. The molecule has 0 spiro atoms. The minimum absolute atomic E-state index is 0.626. The van der Waals surface area contributed by atoms with Crippen LogP contribution in [0.25, 0.3) is 10.2 Å².